The standard InChI is InChI=1S/C31H54O17Si4.C28H46O14Si3.C25H38O11Si2/c1-15-29(49(33-3,34-4)35-5)45-23-17-19-25(27(21-23)47-51(39-9,40-10)41-11)31(32)26-20-18-24(22-28(26)48-52(42-12,43-13)44-14)46-30(16-2)50(36-6,37-7)38-8;1-12-26(43(31-3,32-4)33-5)40-20-14-16-22(24(29)18-20)28(30)23-17-15-21(19-25(23)42-45(37-9,38-10)39-11)41-27(13-2)44(34-6,35-7)36-8;1-9-23(37(29-3,30-4)31-5)35-17-11-13-19(21(26)15-17)25(28)20-14-12-18(16-22(20)27)36-24(10-2)38(32-6,33-7)34-8/h17-22,29-30H,15-16H2,1-14H3;14-19,26-27,29H,12-13H2,1-11H3;11-16,23-24,26-27H,9-10H2,1-8H3. The van der Waals surface area contributed by atoms with Gasteiger partial charge < -0.3 is 177 Å². The molecule has 0 saturated heterocycles. The number of phenols is 3. The molecule has 0 saturated carbocycles. The van der Waals surface area contributed by atoms with Gasteiger partial charge in [-0.3, -0.25) is 14.4 Å². The normalized spacial score (nSPS) is 13.8. The summed E-state index contributed by atoms with van der Waals surface area (Å²) in [7, 11) is 8.70. The van der Waals surface area contributed by atoms with Crippen LogP contribution in [0.4, 0.5) is 0 Å². The summed E-state index contributed by atoms with van der Waals surface area (Å²) < 4.78 is 206. The molecule has 0 bridgehead atoms. The Morgan fingerprint density at radius 1 is 0.207 bits per heavy atom. The van der Waals surface area contributed by atoms with Crippen LogP contribution in [0.2, 0.25) is 0 Å². The summed E-state index contributed by atoms with van der Waals surface area (Å²) in [6, 6.07) is 26.8. The summed E-state index contributed by atoms with van der Waals surface area (Å²) in [5.41, 5.74) is -3.26. The van der Waals surface area contributed by atoms with Crippen LogP contribution < -0.4 is 41.7 Å². The Morgan fingerprint density at radius 2 is 0.341 bits per heavy atom. The molecule has 0 heterocycles. The van der Waals surface area contributed by atoms with Crippen molar-refractivity contribution in [1.29, 1.82) is 0 Å². The molecule has 0 fully saturated rings. The Morgan fingerprint density at radius 3 is 0.474 bits per heavy atom. The van der Waals surface area contributed by atoms with Gasteiger partial charge in [-0.25, -0.2) is 0 Å². The molecule has 51 heteroatoms. The maximum Gasteiger partial charge on any atom is 0.748 e. The van der Waals surface area contributed by atoms with Crippen molar-refractivity contribution in [2.75, 3.05) is 192 Å². The van der Waals surface area contributed by atoms with Crippen molar-refractivity contribution in [3.05, 3.63) is 143 Å². The van der Waals surface area contributed by atoms with Gasteiger partial charge in [0.15, 0.2) is 51.7 Å². The molecule has 0 radical (unpaired) electrons. The molecule has 0 aliphatic carbocycles. The van der Waals surface area contributed by atoms with E-state index in [-0.39, 0.29) is 73.6 Å². The van der Waals surface area contributed by atoms with E-state index < -0.39 is 132 Å². The van der Waals surface area contributed by atoms with E-state index in [4.69, 9.17) is 161 Å². The predicted molar refractivity (Wildman–Crippen MR) is 505 cm³/mol. The first kappa shape index (κ1) is 120. The van der Waals surface area contributed by atoms with Gasteiger partial charge in [0, 0.05) is 228 Å². The lowest BCUT2D eigenvalue weighted by atomic mass is 10.0. The maximum atomic E-state index is 14.6. The van der Waals surface area contributed by atoms with Gasteiger partial charge in [-0.1, -0.05) is 41.5 Å². The second kappa shape index (κ2) is 56.9. The third kappa shape index (κ3) is 28.6. The molecule has 0 aromatic heterocycles. The number of hydrogen-bond donors (Lipinski definition) is 3. The van der Waals surface area contributed by atoms with Crippen LogP contribution in [0.15, 0.2) is 109 Å². The van der Waals surface area contributed by atoms with Crippen molar-refractivity contribution >= 4 is 97.3 Å². The minimum absolute atomic E-state index is 0.0147. The van der Waals surface area contributed by atoms with Gasteiger partial charge in [-0.2, -0.15) is 0 Å². The Kier molecular flexibility index (Phi) is 50.6. The third-order valence-corrected chi connectivity index (χ3v) is 45.6. The van der Waals surface area contributed by atoms with Gasteiger partial charge in [0.05, 0.1) is 33.4 Å². The van der Waals surface area contributed by atoms with Crippen molar-refractivity contribution < 1.29 is 191 Å². The predicted octanol–water partition coefficient (Wildman–Crippen LogP) is 10.6. The average molecular weight is 2070 g/mol. The quantitative estimate of drug-likeness (QED) is 0.0236. The zero-order valence-corrected chi connectivity index (χ0v) is 92.4. The fourth-order valence-corrected chi connectivity index (χ4v) is 30.1. The van der Waals surface area contributed by atoms with E-state index in [0.29, 0.717) is 67.3 Å². The van der Waals surface area contributed by atoms with Gasteiger partial charge in [0.1, 0.15) is 69.0 Å². The minimum Gasteiger partial charge on any atom is -0.507 e. The van der Waals surface area contributed by atoms with Crippen LogP contribution >= 0.6 is 0 Å². The van der Waals surface area contributed by atoms with Crippen molar-refractivity contribution in [1.82, 2.24) is 0 Å². The molecule has 3 N–H and O–H groups in total. The van der Waals surface area contributed by atoms with Crippen LogP contribution in [-0.4, -0.2) is 339 Å². The lowest BCUT2D eigenvalue weighted by molar-refractivity contribution is 0.0491. The molecule has 6 rings (SSSR count). The summed E-state index contributed by atoms with van der Waals surface area (Å²) in [6.45, 7) is 11.4. The number of ketones is 3. The van der Waals surface area contributed by atoms with E-state index in [2.05, 4.69) is 0 Å². The molecule has 42 nitrogen and oxygen atoms in total. The first-order valence-electron chi connectivity index (χ1n) is 42.0. The van der Waals surface area contributed by atoms with E-state index in [0.717, 1.165) is 0 Å². The van der Waals surface area contributed by atoms with E-state index in [1.165, 1.54) is 265 Å². The molecule has 762 valence electrons. The van der Waals surface area contributed by atoms with Crippen LogP contribution in [0.25, 0.3) is 0 Å². The molecule has 0 amide bonds. The Bertz CT molecular complexity index is 4290. The highest BCUT2D eigenvalue weighted by Crippen LogP contribution is 2.41. The van der Waals surface area contributed by atoms with Gasteiger partial charge in [0.2, 0.25) is 0 Å². The lowest BCUT2D eigenvalue weighted by Crippen LogP contribution is -2.56. The maximum absolute atomic E-state index is 14.6. The van der Waals surface area contributed by atoms with Crippen LogP contribution in [-0.2, 0) is 120 Å². The van der Waals surface area contributed by atoms with Crippen LogP contribution in [0.3, 0.4) is 0 Å². The smallest absolute Gasteiger partial charge is 0.507 e. The fraction of sp³-hybridized carbons (Fsp3) is 0.536. The number of carbonyl (C=O) groups is 3. The second-order valence-corrected chi connectivity index (χ2v) is 53.8. The number of benzene rings is 6. The van der Waals surface area contributed by atoms with E-state index in [1.54, 1.807) is 36.4 Å². The molecular weight excluding hydrogens is 1930 g/mol. The molecule has 6 atom stereocenters. The molecule has 6 aromatic carbocycles. The highest BCUT2D eigenvalue weighted by Gasteiger charge is 2.56. The first-order chi connectivity index (χ1) is 64.5. The van der Waals surface area contributed by atoms with Crippen LogP contribution in [0.5, 0.6) is 69.0 Å². The average Bonchev–Trinajstić information content (AvgIpc) is 0.779. The van der Waals surface area contributed by atoms with Gasteiger partial charge >= 0.3 is 80.0 Å². The lowest BCUT2D eigenvalue weighted by Gasteiger charge is -2.32. The molecule has 135 heavy (non-hydrogen) atoms. The van der Waals surface area contributed by atoms with Crippen molar-refractivity contribution in [2.24, 2.45) is 0 Å². The minimum atomic E-state index is -3.80. The molecular formula is C84H138O42Si9. The summed E-state index contributed by atoms with van der Waals surface area (Å²) >= 11 is 0. The Labute approximate surface area is 801 Å². The highest BCUT2D eigenvalue weighted by molar-refractivity contribution is 6.64. The number of aromatic hydroxyl groups is 3. The van der Waals surface area contributed by atoms with Crippen molar-refractivity contribution in [3.8, 4) is 69.0 Å². The van der Waals surface area contributed by atoms with E-state index in [1.807, 2.05) is 41.5 Å². The zero-order chi connectivity index (χ0) is 102. The zero-order valence-electron chi connectivity index (χ0n) is 83.4. The monoisotopic (exact) mass is 2070 g/mol. The number of phenolic OH excluding ortho intramolecular Hbond substituents is 3. The number of ether oxygens (including phenoxy) is 6. The molecule has 0 aliphatic heterocycles. The largest absolute Gasteiger partial charge is 0.748 e. The van der Waals surface area contributed by atoms with Crippen LogP contribution in [0.1, 0.15) is 128 Å². The van der Waals surface area contributed by atoms with Crippen molar-refractivity contribution in [2.45, 2.75) is 114 Å². The summed E-state index contributed by atoms with van der Waals surface area (Å²) in [6.07, 6.45) is 3.00. The molecule has 6 unspecified atom stereocenters. The number of hydrogen-bond acceptors (Lipinski definition) is 42. The molecule has 0 spiro atoms. The van der Waals surface area contributed by atoms with E-state index in [9.17, 15) is 29.7 Å². The molecule has 0 aliphatic rings. The Balaban J connectivity index is 0.000000428. The number of carbonyl (C=O) groups excluding carboxylic acids is 3. The summed E-state index contributed by atoms with van der Waals surface area (Å²) in [5.74, 6) is -0.724. The molecule has 6 aromatic rings. The van der Waals surface area contributed by atoms with Crippen molar-refractivity contribution in [3.63, 3.8) is 0 Å². The third-order valence-electron chi connectivity index (χ3n) is 21.6. The van der Waals surface area contributed by atoms with Gasteiger partial charge in [0.25, 0.3) is 0 Å². The van der Waals surface area contributed by atoms with Gasteiger partial charge in [-0.05, 0) is 111 Å². The topological polar surface area (TPSA) is 444 Å². The number of rotatable bonds is 63. The second-order valence-electron chi connectivity index (χ2n) is 28.0. The van der Waals surface area contributed by atoms with Crippen LogP contribution in [0, 0.1) is 0 Å². The van der Waals surface area contributed by atoms with E-state index >= 15 is 0 Å². The summed E-state index contributed by atoms with van der Waals surface area (Å²) in [5, 5.41) is 32.2. The first-order valence-corrected chi connectivity index (χ1v) is 57.7. The fourth-order valence-electron chi connectivity index (χ4n) is 14.1. The Hall–Kier alpha value is -7.20. The highest BCUT2D eigenvalue weighted by atomic mass is 28.4. The summed E-state index contributed by atoms with van der Waals surface area (Å²) in [4.78, 5) is 41.6. The van der Waals surface area contributed by atoms with Gasteiger partial charge in [-0.15, -0.1) is 0 Å². The SMILES string of the molecule is CCC(Oc1ccc(C(=O)c2ccc(OC(CC)[Si](OC)(OC)OC)cc2O)c(O)c1)[Si](OC)(OC)OC.CCC(Oc1ccc(C(=O)c2ccc(OC(CC)[Si](OC)(OC)OC)cc2O[Si](OC)(OC)OC)c(O)c1)[Si](OC)(OC)OC.CCC(Oc1ccc(C(=O)c2ccc(OC(CC)[Si](OC)(OC)OC)cc2O[Si](OC)(OC)OC)c(O[Si](OC)(OC)OC)c1)[Si](OC)(OC)OC.